The fraction of sp³-hybridized carbons (Fsp3) is 0.632. The number of quaternary nitrogens is 1. The molecule has 0 unspecified atom stereocenters. The molecule has 24 heavy (non-hydrogen) atoms. The first kappa shape index (κ1) is 22.7. The average Bonchev–Trinajstić information content (AvgIpc) is 2.49. The second-order valence-corrected chi connectivity index (χ2v) is 7.12. The van der Waals surface area contributed by atoms with Gasteiger partial charge in [0.25, 0.3) is 0 Å². The van der Waals surface area contributed by atoms with Crippen molar-refractivity contribution in [1.29, 1.82) is 0 Å². The Morgan fingerprint density at radius 2 is 1.50 bits per heavy atom. The molecular formula is C19H33ClN2O2. The van der Waals surface area contributed by atoms with E-state index in [1.54, 1.807) is 24.3 Å². The molecular weight excluding hydrogens is 324 g/mol. The monoisotopic (exact) mass is 356 g/mol. The maximum Gasteiger partial charge on any atom is 0.338 e. The first-order valence-corrected chi connectivity index (χ1v) is 8.74. The van der Waals surface area contributed by atoms with E-state index in [2.05, 4.69) is 27.7 Å². The number of nitrogens with two attached hydrogens (primary N) is 1. The molecule has 0 saturated heterocycles. The van der Waals surface area contributed by atoms with Gasteiger partial charge >= 0.3 is 5.97 Å². The zero-order valence-corrected chi connectivity index (χ0v) is 16.2. The molecule has 0 radical (unpaired) electrons. The van der Waals surface area contributed by atoms with Gasteiger partial charge in [-0.15, -0.1) is 0 Å². The lowest BCUT2D eigenvalue weighted by Crippen LogP contribution is -3.12. The lowest BCUT2D eigenvalue weighted by Gasteiger charge is -2.21. The molecule has 0 aliphatic rings. The average molecular weight is 357 g/mol. The van der Waals surface area contributed by atoms with Crippen molar-refractivity contribution in [1.82, 2.24) is 0 Å². The molecule has 0 spiro atoms. The molecule has 1 aromatic carbocycles. The van der Waals surface area contributed by atoms with Gasteiger partial charge in [0.05, 0.1) is 18.7 Å². The standard InChI is InChI=1S/C19H32N2O2.ClH/c1-15(2)9-11-21(12-10-16(3)4)13-14-23-19(22)17-5-7-18(20)8-6-17;/h5-8,15-16H,9-14,20H2,1-4H3;1H. The largest absolute Gasteiger partial charge is 1.00 e. The van der Waals surface area contributed by atoms with E-state index < -0.39 is 0 Å². The van der Waals surface area contributed by atoms with E-state index in [1.165, 1.54) is 17.7 Å². The number of rotatable bonds is 10. The number of halogens is 1. The number of benzene rings is 1. The molecule has 5 heteroatoms. The van der Waals surface area contributed by atoms with Crippen LogP contribution >= 0.6 is 0 Å². The summed E-state index contributed by atoms with van der Waals surface area (Å²) in [5.74, 6) is 1.15. The van der Waals surface area contributed by atoms with Gasteiger partial charge in [0.15, 0.2) is 0 Å². The summed E-state index contributed by atoms with van der Waals surface area (Å²) in [5.41, 5.74) is 6.84. The highest BCUT2D eigenvalue weighted by molar-refractivity contribution is 5.89. The zero-order valence-electron chi connectivity index (χ0n) is 15.5. The van der Waals surface area contributed by atoms with E-state index in [0.717, 1.165) is 19.6 Å². The zero-order chi connectivity index (χ0) is 17.2. The molecule has 4 nitrogen and oxygen atoms in total. The molecule has 0 aliphatic heterocycles. The molecule has 0 atom stereocenters. The number of nitrogen functional groups attached to an aromatic ring is 1. The van der Waals surface area contributed by atoms with Crippen LogP contribution in [0.4, 0.5) is 5.69 Å². The van der Waals surface area contributed by atoms with Gasteiger partial charge in [-0.2, -0.15) is 0 Å². The Morgan fingerprint density at radius 1 is 1.00 bits per heavy atom. The third-order valence-electron chi connectivity index (χ3n) is 3.99. The lowest BCUT2D eigenvalue weighted by molar-refractivity contribution is -0.901. The maximum atomic E-state index is 12.0. The van der Waals surface area contributed by atoms with Gasteiger partial charge in [-0.3, -0.25) is 0 Å². The summed E-state index contributed by atoms with van der Waals surface area (Å²) in [6.07, 6.45) is 2.42. The molecule has 1 rings (SSSR count). The number of hydrogen-bond donors (Lipinski definition) is 2. The van der Waals surface area contributed by atoms with E-state index in [4.69, 9.17) is 10.5 Å². The highest BCUT2D eigenvalue weighted by atomic mass is 35.5. The van der Waals surface area contributed by atoms with Crippen LogP contribution in [0.5, 0.6) is 0 Å². The van der Waals surface area contributed by atoms with Crippen LogP contribution in [0.1, 0.15) is 50.9 Å². The van der Waals surface area contributed by atoms with Crippen LogP contribution in [0.2, 0.25) is 0 Å². The summed E-state index contributed by atoms with van der Waals surface area (Å²) in [7, 11) is 0. The van der Waals surface area contributed by atoms with Crippen molar-refractivity contribution in [3.63, 3.8) is 0 Å². The van der Waals surface area contributed by atoms with Gasteiger partial charge < -0.3 is 27.8 Å². The Kier molecular flexibility index (Phi) is 11.5. The van der Waals surface area contributed by atoms with Gasteiger partial charge in [0.1, 0.15) is 13.2 Å². The van der Waals surface area contributed by atoms with Gasteiger partial charge in [0.2, 0.25) is 0 Å². The predicted octanol–water partition coefficient (Wildman–Crippen LogP) is -0.593. The topological polar surface area (TPSA) is 56.8 Å². The number of anilines is 1. The molecule has 0 heterocycles. The van der Waals surface area contributed by atoms with E-state index in [0.29, 0.717) is 29.7 Å². The molecule has 0 aliphatic carbocycles. The predicted molar refractivity (Wildman–Crippen MR) is 95.6 cm³/mol. The minimum atomic E-state index is -0.267. The van der Waals surface area contributed by atoms with E-state index in [-0.39, 0.29) is 18.4 Å². The van der Waals surface area contributed by atoms with Gasteiger partial charge in [-0.1, -0.05) is 27.7 Å². The van der Waals surface area contributed by atoms with Crippen molar-refractivity contribution in [2.75, 3.05) is 32.0 Å². The summed E-state index contributed by atoms with van der Waals surface area (Å²) >= 11 is 0. The summed E-state index contributed by atoms with van der Waals surface area (Å²) in [6.45, 7) is 12.6. The Hall–Kier alpha value is -1.26. The highest BCUT2D eigenvalue weighted by Crippen LogP contribution is 2.06. The Labute approximate surface area is 153 Å². The minimum absolute atomic E-state index is 0. The lowest BCUT2D eigenvalue weighted by atomic mass is 10.1. The van der Waals surface area contributed by atoms with Crippen LogP contribution in [0.15, 0.2) is 24.3 Å². The van der Waals surface area contributed by atoms with Crippen molar-refractivity contribution in [3.8, 4) is 0 Å². The second-order valence-electron chi connectivity index (χ2n) is 7.12. The van der Waals surface area contributed by atoms with Crippen molar-refractivity contribution in [2.45, 2.75) is 40.5 Å². The van der Waals surface area contributed by atoms with Crippen LogP contribution in [-0.2, 0) is 4.74 Å². The van der Waals surface area contributed by atoms with Crippen LogP contribution in [0.3, 0.4) is 0 Å². The van der Waals surface area contributed by atoms with Crippen LogP contribution < -0.4 is 23.0 Å². The molecule has 1 aromatic rings. The molecule has 0 aromatic heterocycles. The van der Waals surface area contributed by atoms with Crippen molar-refractivity contribution in [3.05, 3.63) is 29.8 Å². The van der Waals surface area contributed by atoms with Crippen LogP contribution in [0, 0.1) is 11.8 Å². The minimum Gasteiger partial charge on any atom is -1.00 e. The molecule has 0 fully saturated rings. The molecule has 0 bridgehead atoms. The Morgan fingerprint density at radius 3 is 1.96 bits per heavy atom. The highest BCUT2D eigenvalue weighted by Gasteiger charge is 2.13. The molecule has 3 N–H and O–H groups in total. The van der Waals surface area contributed by atoms with Gasteiger partial charge in [-0.25, -0.2) is 4.79 Å². The first-order valence-electron chi connectivity index (χ1n) is 8.74. The fourth-order valence-corrected chi connectivity index (χ4v) is 2.35. The summed E-state index contributed by atoms with van der Waals surface area (Å²) < 4.78 is 5.41. The second kappa shape index (κ2) is 12.2. The number of ether oxygens (including phenoxy) is 1. The third-order valence-corrected chi connectivity index (χ3v) is 3.99. The Bertz CT molecular complexity index is 449. The van der Waals surface area contributed by atoms with Crippen LogP contribution in [-0.4, -0.2) is 32.2 Å². The maximum absolute atomic E-state index is 12.0. The van der Waals surface area contributed by atoms with E-state index >= 15 is 0 Å². The third kappa shape index (κ3) is 9.78. The normalized spacial score (nSPS) is 11.0. The summed E-state index contributed by atoms with van der Waals surface area (Å²) in [4.78, 5) is 13.5. The van der Waals surface area contributed by atoms with Crippen molar-refractivity contribution >= 4 is 11.7 Å². The number of hydrogen-bond acceptors (Lipinski definition) is 3. The number of carbonyl (C=O) groups is 1. The number of esters is 1. The Balaban J connectivity index is 0.00000529. The molecule has 138 valence electrons. The van der Waals surface area contributed by atoms with Crippen molar-refractivity contribution < 1.29 is 26.8 Å². The number of carbonyl (C=O) groups excluding carboxylic acids is 1. The summed E-state index contributed by atoms with van der Waals surface area (Å²) in [6, 6.07) is 6.86. The summed E-state index contributed by atoms with van der Waals surface area (Å²) in [5, 5.41) is 0. The van der Waals surface area contributed by atoms with Gasteiger partial charge in [0, 0.05) is 5.69 Å². The van der Waals surface area contributed by atoms with Gasteiger partial charge in [-0.05, 0) is 48.9 Å². The van der Waals surface area contributed by atoms with Crippen molar-refractivity contribution in [2.24, 2.45) is 11.8 Å². The van der Waals surface area contributed by atoms with E-state index in [9.17, 15) is 4.79 Å². The first-order chi connectivity index (χ1) is 10.9. The van der Waals surface area contributed by atoms with Crippen LogP contribution in [0.25, 0.3) is 0 Å². The fourth-order valence-electron chi connectivity index (χ4n) is 2.35. The smallest absolute Gasteiger partial charge is 0.338 e. The SMILES string of the molecule is CC(C)CC[NH+](CCOC(=O)c1ccc(N)cc1)CCC(C)C.[Cl-]. The number of nitrogens with one attached hydrogen (secondary N) is 1. The quantitative estimate of drug-likeness (QED) is 0.435. The molecule has 0 saturated carbocycles. The molecule has 0 amide bonds. The van der Waals surface area contributed by atoms with E-state index in [1.807, 2.05) is 0 Å².